The summed E-state index contributed by atoms with van der Waals surface area (Å²) in [6, 6.07) is 13.2. The van der Waals surface area contributed by atoms with E-state index in [1.165, 1.54) is 35.0 Å². The molecule has 6 nitrogen and oxygen atoms in total. The van der Waals surface area contributed by atoms with E-state index in [9.17, 15) is 18.4 Å². The van der Waals surface area contributed by atoms with Crippen molar-refractivity contribution in [2.24, 2.45) is 0 Å². The normalized spacial score (nSPS) is 19.5. The second-order valence-electron chi connectivity index (χ2n) is 9.50. The van der Waals surface area contributed by atoms with Gasteiger partial charge in [0.25, 0.3) is 5.56 Å². The van der Waals surface area contributed by atoms with E-state index in [1.807, 2.05) is 6.07 Å². The summed E-state index contributed by atoms with van der Waals surface area (Å²) in [4.78, 5) is 30.8. The van der Waals surface area contributed by atoms with Crippen LogP contribution < -0.4 is 16.1 Å². The van der Waals surface area contributed by atoms with Crippen molar-refractivity contribution in [1.82, 2.24) is 14.5 Å². The van der Waals surface area contributed by atoms with E-state index >= 15 is 0 Å². The number of likely N-dealkylation sites (tertiary alicyclic amines) is 1. The average molecular weight is 481 g/mol. The van der Waals surface area contributed by atoms with Crippen LogP contribution in [0.15, 0.2) is 64.3 Å². The maximum absolute atomic E-state index is 14.2. The number of aromatic amines is 1. The first-order valence-corrected chi connectivity index (χ1v) is 12.4. The Labute approximate surface area is 202 Å². The molecule has 1 fully saturated rings. The van der Waals surface area contributed by atoms with Gasteiger partial charge in [-0.05, 0) is 73.8 Å². The van der Waals surface area contributed by atoms with Gasteiger partial charge in [-0.3, -0.25) is 9.36 Å². The Kier molecular flexibility index (Phi) is 6.81. The third-order valence-corrected chi connectivity index (χ3v) is 7.30. The minimum atomic E-state index is -0.358. The van der Waals surface area contributed by atoms with Gasteiger partial charge >= 0.3 is 5.69 Å². The van der Waals surface area contributed by atoms with Crippen molar-refractivity contribution in [3.8, 4) is 0 Å². The van der Waals surface area contributed by atoms with E-state index in [-0.39, 0.29) is 34.8 Å². The smallest absolute Gasteiger partial charge is 0.328 e. The molecule has 5 rings (SSSR count). The molecule has 1 aromatic heterocycles. The Bertz CT molecular complexity index is 1260. The first-order chi connectivity index (χ1) is 17.0. The molecular formula is C27H30F2N4O2. The van der Waals surface area contributed by atoms with Gasteiger partial charge in [-0.25, -0.2) is 13.6 Å². The molecule has 0 radical (unpaired) electrons. The van der Waals surface area contributed by atoms with Crippen molar-refractivity contribution in [2.45, 2.75) is 50.6 Å². The largest absolute Gasteiger partial charge is 0.337 e. The molecular weight excluding hydrogens is 450 g/mol. The maximum Gasteiger partial charge on any atom is 0.328 e. The van der Waals surface area contributed by atoms with Gasteiger partial charge in [-0.1, -0.05) is 12.8 Å². The molecule has 2 aromatic carbocycles. The van der Waals surface area contributed by atoms with Crippen LogP contribution in [0.2, 0.25) is 0 Å². The van der Waals surface area contributed by atoms with Gasteiger partial charge in [-0.15, -0.1) is 0 Å². The molecule has 35 heavy (non-hydrogen) atoms. The Morgan fingerprint density at radius 1 is 0.886 bits per heavy atom. The number of fused-ring (bicyclic) bond motifs is 3. The van der Waals surface area contributed by atoms with Crippen LogP contribution in [0.1, 0.15) is 43.6 Å². The number of nitrogens with one attached hydrogen (secondary N) is 1. The van der Waals surface area contributed by atoms with Gasteiger partial charge in [0.05, 0.1) is 0 Å². The number of anilines is 2. The highest BCUT2D eigenvalue weighted by Crippen LogP contribution is 2.48. The number of halogens is 2. The predicted octanol–water partition coefficient (Wildman–Crippen LogP) is 4.39. The molecule has 3 heterocycles. The van der Waals surface area contributed by atoms with Gasteiger partial charge in [0.2, 0.25) is 0 Å². The first kappa shape index (κ1) is 23.5. The lowest BCUT2D eigenvalue weighted by Crippen LogP contribution is -2.45. The van der Waals surface area contributed by atoms with E-state index in [0.29, 0.717) is 6.54 Å². The molecule has 3 aromatic rings. The number of hydrogen-bond donors (Lipinski definition) is 1. The van der Waals surface area contributed by atoms with E-state index in [2.05, 4.69) is 14.8 Å². The van der Waals surface area contributed by atoms with Crippen LogP contribution >= 0.6 is 0 Å². The molecule has 2 atom stereocenters. The van der Waals surface area contributed by atoms with Crippen molar-refractivity contribution in [2.75, 3.05) is 24.5 Å². The summed E-state index contributed by atoms with van der Waals surface area (Å²) in [6.07, 6.45) is 6.13. The van der Waals surface area contributed by atoms with Gasteiger partial charge in [0.1, 0.15) is 11.6 Å². The number of nitrogens with zero attached hydrogens (tertiary/aromatic N) is 3. The van der Waals surface area contributed by atoms with E-state index in [0.717, 1.165) is 68.7 Å². The van der Waals surface area contributed by atoms with Crippen LogP contribution in [0.5, 0.6) is 0 Å². The number of benzene rings is 2. The second kappa shape index (κ2) is 10.2. The number of H-pyrrole nitrogens is 1. The molecule has 0 bridgehead atoms. The number of piperidine rings is 1. The van der Waals surface area contributed by atoms with Gasteiger partial charge in [-0.2, -0.15) is 0 Å². The van der Waals surface area contributed by atoms with Crippen molar-refractivity contribution < 1.29 is 8.78 Å². The average Bonchev–Trinajstić information content (AvgIpc) is 3.16. The Morgan fingerprint density at radius 3 is 2.40 bits per heavy atom. The zero-order valence-electron chi connectivity index (χ0n) is 19.6. The molecule has 0 unspecified atom stereocenters. The molecule has 0 saturated carbocycles. The number of hydrogen-bond acceptors (Lipinski definition) is 4. The fourth-order valence-corrected chi connectivity index (χ4v) is 5.60. The second-order valence-corrected chi connectivity index (χ2v) is 9.50. The van der Waals surface area contributed by atoms with Crippen molar-refractivity contribution >= 4 is 11.4 Å². The number of rotatable bonds is 8. The van der Waals surface area contributed by atoms with Gasteiger partial charge in [0.15, 0.2) is 0 Å². The van der Waals surface area contributed by atoms with Crippen LogP contribution in [0.3, 0.4) is 0 Å². The molecule has 8 heteroatoms. The summed E-state index contributed by atoms with van der Waals surface area (Å²) < 4.78 is 28.9. The number of aromatic nitrogens is 2. The highest BCUT2D eigenvalue weighted by Gasteiger charge is 2.42. The zero-order chi connectivity index (χ0) is 24.4. The lowest BCUT2D eigenvalue weighted by atomic mass is 9.88. The maximum atomic E-state index is 14.2. The molecule has 0 amide bonds. The van der Waals surface area contributed by atoms with Crippen molar-refractivity contribution in [1.29, 1.82) is 0 Å². The van der Waals surface area contributed by atoms with Gasteiger partial charge < -0.3 is 14.8 Å². The summed E-state index contributed by atoms with van der Waals surface area (Å²) >= 11 is 0. The Morgan fingerprint density at radius 2 is 1.63 bits per heavy atom. The summed E-state index contributed by atoms with van der Waals surface area (Å²) in [6.45, 7) is 3.23. The summed E-state index contributed by atoms with van der Waals surface area (Å²) in [5.74, 6) is -0.283. The summed E-state index contributed by atoms with van der Waals surface area (Å²) in [5, 5.41) is 0. The minimum Gasteiger partial charge on any atom is -0.337 e. The predicted molar refractivity (Wildman–Crippen MR) is 132 cm³/mol. The standard InChI is InChI=1S/C27H30F2N4O2/c28-19-5-8-21(9-6-19)33-24-10-7-20(29)17-22(24)23-18-31(16-12-25(23)33)14-3-1-2-4-15-32-26(34)11-13-30-27(32)35/h5-11,13,17,23,25H,1-4,12,14-16,18H2,(H,30,35)/t23-,25+/m0/s1. The first-order valence-electron chi connectivity index (χ1n) is 12.4. The topological polar surface area (TPSA) is 61.3 Å². The third kappa shape index (κ3) is 4.93. The highest BCUT2D eigenvalue weighted by atomic mass is 19.1. The van der Waals surface area contributed by atoms with Crippen LogP contribution in [0, 0.1) is 11.6 Å². The Hall–Kier alpha value is -3.26. The van der Waals surface area contributed by atoms with Crippen LogP contribution in [0.25, 0.3) is 0 Å². The Balaban J connectivity index is 1.17. The van der Waals surface area contributed by atoms with Gasteiger partial charge in [0, 0.05) is 55.2 Å². The SMILES string of the molecule is O=c1cc[nH]c(=O)n1CCCCCCN1CC[C@@H]2[C@@H](C1)c1cc(F)ccc1N2c1ccc(F)cc1. The van der Waals surface area contributed by atoms with Crippen LogP contribution in [0.4, 0.5) is 20.2 Å². The van der Waals surface area contributed by atoms with Crippen molar-refractivity contribution in [3.63, 3.8) is 0 Å². The summed E-state index contributed by atoms with van der Waals surface area (Å²) in [5.41, 5.74) is 2.36. The molecule has 0 aliphatic carbocycles. The van der Waals surface area contributed by atoms with Crippen LogP contribution in [-0.4, -0.2) is 40.1 Å². The molecule has 0 spiro atoms. The zero-order valence-corrected chi connectivity index (χ0v) is 19.6. The third-order valence-electron chi connectivity index (χ3n) is 7.30. The monoisotopic (exact) mass is 480 g/mol. The molecule has 1 N–H and O–H groups in total. The van der Waals surface area contributed by atoms with Crippen LogP contribution in [-0.2, 0) is 6.54 Å². The fraction of sp³-hybridized carbons (Fsp3) is 0.407. The van der Waals surface area contributed by atoms with E-state index in [4.69, 9.17) is 0 Å². The lowest BCUT2D eigenvalue weighted by molar-refractivity contribution is 0.193. The lowest BCUT2D eigenvalue weighted by Gasteiger charge is -2.39. The van der Waals surface area contributed by atoms with E-state index in [1.54, 1.807) is 18.2 Å². The highest BCUT2D eigenvalue weighted by molar-refractivity contribution is 5.73. The summed E-state index contributed by atoms with van der Waals surface area (Å²) in [7, 11) is 0. The molecule has 2 aliphatic rings. The fourth-order valence-electron chi connectivity index (χ4n) is 5.60. The molecule has 184 valence electrons. The molecule has 2 aliphatic heterocycles. The number of unbranched alkanes of at least 4 members (excludes halogenated alkanes) is 3. The van der Waals surface area contributed by atoms with Crippen molar-refractivity contribution in [3.05, 3.63) is 92.8 Å². The van der Waals surface area contributed by atoms with E-state index < -0.39 is 0 Å². The quantitative estimate of drug-likeness (QED) is 0.486. The molecule has 1 saturated heterocycles. The minimum absolute atomic E-state index is 0.205.